The number of hydrogen-bond acceptors (Lipinski definition) is 4. The monoisotopic (exact) mass is 512 g/mol. The summed E-state index contributed by atoms with van der Waals surface area (Å²) in [6.45, 7) is 0.379. The van der Waals surface area contributed by atoms with E-state index >= 15 is 0 Å². The molecule has 8 nitrogen and oxygen atoms in total. The van der Waals surface area contributed by atoms with Gasteiger partial charge in [0.1, 0.15) is 11.9 Å². The van der Waals surface area contributed by atoms with E-state index in [1.807, 2.05) is 60.8 Å². The maximum Gasteiger partial charge on any atom is 0.243 e. The Kier molecular flexibility index (Phi) is 8.19. The zero-order valence-corrected chi connectivity index (χ0v) is 21.6. The summed E-state index contributed by atoms with van der Waals surface area (Å²) in [5.41, 5.74) is 10.1. The number of nitrogens with one attached hydrogen (secondary N) is 4. The molecule has 1 fully saturated rings. The molecule has 8 heteroatoms. The number of rotatable bonds is 10. The molecule has 2 heterocycles. The molecule has 38 heavy (non-hydrogen) atoms. The molecule has 0 unspecified atom stereocenters. The number of benzene rings is 2. The van der Waals surface area contributed by atoms with E-state index in [2.05, 4.69) is 25.6 Å². The van der Waals surface area contributed by atoms with Crippen LogP contribution in [0.2, 0.25) is 0 Å². The van der Waals surface area contributed by atoms with E-state index in [9.17, 15) is 9.59 Å². The number of amides is 2. The number of aromatic amines is 2. The van der Waals surface area contributed by atoms with Crippen molar-refractivity contribution in [1.29, 1.82) is 0 Å². The first-order chi connectivity index (χ1) is 18.6. The highest BCUT2D eigenvalue weighted by atomic mass is 16.2. The van der Waals surface area contributed by atoms with Gasteiger partial charge in [-0.15, -0.1) is 0 Å². The summed E-state index contributed by atoms with van der Waals surface area (Å²) in [5, 5.41) is 6.93. The molecule has 2 atom stereocenters. The Morgan fingerprint density at radius 1 is 0.974 bits per heavy atom. The van der Waals surface area contributed by atoms with Crippen LogP contribution in [0, 0.1) is 0 Å². The zero-order chi connectivity index (χ0) is 26.3. The van der Waals surface area contributed by atoms with Crippen molar-refractivity contribution in [3.8, 4) is 0 Å². The molecule has 2 amide bonds. The van der Waals surface area contributed by atoms with Crippen LogP contribution in [0.4, 0.5) is 0 Å². The van der Waals surface area contributed by atoms with Crippen molar-refractivity contribution in [3.63, 3.8) is 0 Å². The van der Waals surface area contributed by atoms with Gasteiger partial charge in [0.15, 0.2) is 0 Å². The molecule has 1 aliphatic rings. The highest BCUT2D eigenvalue weighted by Gasteiger charge is 2.26. The molecule has 0 spiro atoms. The molecular weight excluding hydrogens is 476 g/mol. The van der Waals surface area contributed by atoms with Gasteiger partial charge in [-0.3, -0.25) is 9.59 Å². The molecule has 0 saturated heterocycles. The minimum Gasteiger partial charge on any atom is -0.361 e. The maximum atomic E-state index is 13.3. The van der Waals surface area contributed by atoms with E-state index in [0.717, 1.165) is 46.4 Å². The van der Waals surface area contributed by atoms with Gasteiger partial charge >= 0.3 is 0 Å². The van der Waals surface area contributed by atoms with Crippen LogP contribution in [0.5, 0.6) is 0 Å². The van der Waals surface area contributed by atoms with Gasteiger partial charge in [-0.1, -0.05) is 67.8 Å². The topological polar surface area (TPSA) is 129 Å². The Balaban J connectivity index is 1.27. The van der Waals surface area contributed by atoms with Crippen molar-refractivity contribution in [2.45, 2.75) is 69.5 Å². The summed E-state index contributed by atoms with van der Waals surface area (Å²) in [6.07, 6.45) is 10.3. The van der Waals surface area contributed by atoms with Gasteiger partial charge in [0, 0.05) is 47.9 Å². The smallest absolute Gasteiger partial charge is 0.243 e. The lowest BCUT2D eigenvalue weighted by molar-refractivity contribution is -0.129. The van der Waals surface area contributed by atoms with Gasteiger partial charge in [0.05, 0.1) is 6.04 Å². The van der Waals surface area contributed by atoms with Crippen LogP contribution in [0.15, 0.2) is 67.0 Å². The predicted octanol–water partition coefficient (Wildman–Crippen LogP) is 3.85. The molecule has 198 valence electrons. The third-order valence-corrected chi connectivity index (χ3v) is 7.46. The molecule has 0 bridgehead atoms. The van der Waals surface area contributed by atoms with Crippen molar-refractivity contribution in [2.24, 2.45) is 5.73 Å². The third kappa shape index (κ3) is 6.31. The minimum absolute atomic E-state index is 0.254. The lowest BCUT2D eigenvalue weighted by Crippen LogP contribution is -2.53. The van der Waals surface area contributed by atoms with Crippen LogP contribution in [0.1, 0.15) is 60.7 Å². The Labute approximate surface area is 222 Å². The Hall–Kier alpha value is -3.91. The van der Waals surface area contributed by atoms with Crippen LogP contribution < -0.4 is 16.4 Å². The molecule has 2 aromatic carbocycles. The number of nitrogens with zero attached hydrogens (tertiary/aromatic N) is 1. The fraction of sp³-hybridized carbons (Fsp3) is 0.367. The Morgan fingerprint density at radius 2 is 1.74 bits per heavy atom. The van der Waals surface area contributed by atoms with Gasteiger partial charge in [0.25, 0.3) is 0 Å². The third-order valence-electron chi connectivity index (χ3n) is 7.46. The standard InChI is InChI=1S/C30H36N6O2/c31-25(15-22-18-32-26-14-8-7-13-24(22)26)29(37)36-27(30(38)34-17-20-9-3-1-4-10-20)16-23-19-33-28(35-23)21-11-5-2-6-12-21/h1,3-4,7-10,13-14,18-19,21,25,27,32H,2,5-6,11-12,15-17,31H2,(H,33,35)(H,34,38)(H,36,37)/t25-,27-/m0/s1. The molecule has 1 saturated carbocycles. The molecule has 1 aliphatic carbocycles. The second kappa shape index (κ2) is 12.1. The number of imidazole rings is 1. The van der Waals surface area contributed by atoms with E-state index in [0.29, 0.717) is 25.3 Å². The average molecular weight is 513 g/mol. The van der Waals surface area contributed by atoms with Crippen LogP contribution in [0.25, 0.3) is 10.9 Å². The number of fused-ring (bicyclic) bond motifs is 1. The van der Waals surface area contributed by atoms with Crippen LogP contribution in [-0.2, 0) is 29.0 Å². The number of nitrogens with two attached hydrogens (primary N) is 1. The van der Waals surface area contributed by atoms with Crippen LogP contribution >= 0.6 is 0 Å². The summed E-state index contributed by atoms with van der Waals surface area (Å²) in [6, 6.07) is 16.1. The first-order valence-corrected chi connectivity index (χ1v) is 13.5. The number of carbonyl (C=O) groups excluding carboxylic acids is 2. The molecule has 2 aromatic heterocycles. The molecule has 6 N–H and O–H groups in total. The summed E-state index contributed by atoms with van der Waals surface area (Å²) >= 11 is 0. The van der Waals surface area contributed by atoms with Crippen molar-refractivity contribution in [2.75, 3.05) is 0 Å². The summed E-state index contributed by atoms with van der Waals surface area (Å²) < 4.78 is 0. The summed E-state index contributed by atoms with van der Waals surface area (Å²) in [4.78, 5) is 37.7. The van der Waals surface area contributed by atoms with Crippen molar-refractivity contribution in [3.05, 3.63) is 89.6 Å². The number of H-pyrrole nitrogens is 2. The van der Waals surface area contributed by atoms with E-state index < -0.39 is 12.1 Å². The second-order valence-electron chi connectivity index (χ2n) is 10.3. The fourth-order valence-electron chi connectivity index (χ4n) is 5.31. The lowest BCUT2D eigenvalue weighted by Gasteiger charge is -2.21. The van der Waals surface area contributed by atoms with E-state index in [4.69, 9.17) is 5.73 Å². The van der Waals surface area contributed by atoms with Crippen LogP contribution in [-0.4, -0.2) is 38.8 Å². The highest BCUT2D eigenvalue weighted by molar-refractivity contribution is 5.90. The molecule has 0 radical (unpaired) electrons. The lowest BCUT2D eigenvalue weighted by atomic mass is 9.89. The Morgan fingerprint density at radius 3 is 2.55 bits per heavy atom. The number of aromatic nitrogens is 3. The fourth-order valence-corrected chi connectivity index (χ4v) is 5.31. The van der Waals surface area contributed by atoms with Gasteiger partial charge in [-0.05, 0) is 36.5 Å². The molecule has 5 rings (SSSR count). The summed E-state index contributed by atoms with van der Waals surface area (Å²) in [5.74, 6) is 0.796. The summed E-state index contributed by atoms with van der Waals surface area (Å²) in [7, 11) is 0. The van der Waals surface area contributed by atoms with Gasteiger partial charge in [-0.2, -0.15) is 0 Å². The van der Waals surface area contributed by atoms with Gasteiger partial charge < -0.3 is 26.3 Å². The number of hydrogen-bond donors (Lipinski definition) is 5. The molecular formula is C30H36N6O2. The van der Waals surface area contributed by atoms with E-state index in [1.165, 1.54) is 19.3 Å². The first kappa shape index (κ1) is 25.7. The minimum atomic E-state index is -0.793. The number of carbonyl (C=O) groups is 2. The van der Waals surface area contributed by atoms with Crippen molar-refractivity contribution >= 4 is 22.7 Å². The predicted molar refractivity (Wildman–Crippen MR) is 148 cm³/mol. The van der Waals surface area contributed by atoms with Crippen molar-refractivity contribution < 1.29 is 9.59 Å². The van der Waals surface area contributed by atoms with Gasteiger partial charge in [0.2, 0.25) is 11.8 Å². The molecule has 4 aromatic rings. The highest BCUT2D eigenvalue weighted by Crippen LogP contribution is 2.30. The van der Waals surface area contributed by atoms with Crippen molar-refractivity contribution in [1.82, 2.24) is 25.6 Å². The van der Waals surface area contributed by atoms with Gasteiger partial charge in [-0.25, -0.2) is 4.98 Å². The first-order valence-electron chi connectivity index (χ1n) is 13.5. The molecule has 0 aliphatic heterocycles. The number of para-hydroxylation sites is 1. The van der Waals surface area contributed by atoms with Crippen LogP contribution in [0.3, 0.4) is 0 Å². The normalized spacial score (nSPS) is 15.7. The SMILES string of the molecule is N[C@@H](Cc1c[nH]c2ccccc12)C(=O)N[C@@H](Cc1cnc(C2CCCCC2)[nH]1)C(=O)NCc1ccccc1. The van der Waals surface area contributed by atoms with E-state index in [-0.39, 0.29) is 11.8 Å². The average Bonchev–Trinajstić information content (AvgIpc) is 3.60. The maximum absolute atomic E-state index is 13.3. The largest absolute Gasteiger partial charge is 0.361 e. The Bertz CT molecular complexity index is 1360. The zero-order valence-electron chi connectivity index (χ0n) is 21.6. The quantitative estimate of drug-likeness (QED) is 0.221. The van der Waals surface area contributed by atoms with E-state index in [1.54, 1.807) is 6.20 Å². The second-order valence-corrected chi connectivity index (χ2v) is 10.3.